The van der Waals surface area contributed by atoms with Gasteiger partial charge in [-0.15, -0.1) is 0 Å². The van der Waals surface area contributed by atoms with E-state index in [0.29, 0.717) is 38.5 Å². The molecule has 280 valence electrons. The maximum absolute atomic E-state index is 14.2. The zero-order valence-corrected chi connectivity index (χ0v) is 30.8. The van der Waals surface area contributed by atoms with Crippen LogP contribution in [-0.2, 0) is 20.9 Å². The number of hydrogen-bond acceptors (Lipinski definition) is 8. The summed E-state index contributed by atoms with van der Waals surface area (Å²) in [7, 11) is 0. The van der Waals surface area contributed by atoms with E-state index < -0.39 is 23.4 Å². The second-order valence-electron chi connectivity index (χ2n) is 14.8. The summed E-state index contributed by atoms with van der Waals surface area (Å²) in [6.07, 6.45) is 3.63. The quantitative estimate of drug-likeness (QED) is 0.253. The topological polar surface area (TPSA) is 161 Å². The highest BCUT2D eigenvalue weighted by molar-refractivity contribution is 5.85. The molecule has 3 aromatic rings. The summed E-state index contributed by atoms with van der Waals surface area (Å²) in [5.41, 5.74) is 2.05. The molecule has 2 aliphatic rings. The normalized spacial score (nSPS) is 16.6. The number of anilines is 1. The Morgan fingerprint density at radius 3 is 2.33 bits per heavy atom. The van der Waals surface area contributed by atoms with E-state index >= 15 is 0 Å². The van der Waals surface area contributed by atoms with Crippen LogP contribution in [0.4, 0.5) is 15.3 Å². The molecule has 5 rings (SSSR count). The molecule has 0 radical (unpaired) electrons. The second kappa shape index (κ2) is 16.4. The predicted molar refractivity (Wildman–Crippen MR) is 196 cm³/mol. The largest absolute Gasteiger partial charge is 0.478 e. The van der Waals surface area contributed by atoms with Crippen molar-refractivity contribution in [3.05, 3.63) is 66.5 Å². The van der Waals surface area contributed by atoms with Crippen LogP contribution < -0.4 is 15.0 Å². The lowest BCUT2D eigenvalue weighted by atomic mass is 9.95. The molecule has 1 unspecified atom stereocenters. The first-order valence-corrected chi connectivity index (χ1v) is 17.8. The van der Waals surface area contributed by atoms with E-state index in [1.54, 1.807) is 45.7 Å². The molecular weight excluding hydrogens is 666 g/mol. The molecule has 1 atom stereocenters. The van der Waals surface area contributed by atoms with E-state index in [9.17, 15) is 24.3 Å². The summed E-state index contributed by atoms with van der Waals surface area (Å²) in [4.78, 5) is 58.2. The molecule has 0 aliphatic carbocycles. The molecule has 0 bridgehead atoms. The summed E-state index contributed by atoms with van der Waals surface area (Å²) in [6, 6.07) is 15.6. The van der Waals surface area contributed by atoms with Gasteiger partial charge >= 0.3 is 12.2 Å². The number of rotatable bonds is 11. The number of carbonyl (C=O) groups is 4. The van der Waals surface area contributed by atoms with E-state index in [-0.39, 0.29) is 37.4 Å². The number of H-pyrrole nitrogens is 1. The van der Waals surface area contributed by atoms with Crippen LogP contribution >= 0.6 is 0 Å². The molecule has 1 aromatic heterocycles. The maximum Gasteiger partial charge on any atom is 0.407 e. The van der Waals surface area contributed by atoms with Crippen molar-refractivity contribution < 1.29 is 33.8 Å². The van der Waals surface area contributed by atoms with Crippen molar-refractivity contribution in [2.75, 3.05) is 57.3 Å². The minimum absolute atomic E-state index is 0.0109. The third-order valence-corrected chi connectivity index (χ3v) is 9.20. The highest BCUT2D eigenvalue weighted by Gasteiger charge is 2.37. The molecule has 3 heterocycles. The fraction of sp³-hybridized carbons (Fsp3) is 0.500. The van der Waals surface area contributed by atoms with E-state index in [2.05, 4.69) is 20.4 Å². The van der Waals surface area contributed by atoms with Crippen molar-refractivity contribution in [1.29, 1.82) is 0 Å². The summed E-state index contributed by atoms with van der Waals surface area (Å²) in [6.45, 7) is 12.2. The van der Waals surface area contributed by atoms with Gasteiger partial charge in [0.15, 0.2) is 5.60 Å². The molecule has 2 aliphatic heterocycles. The number of piperazine rings is 1. The van der Waals surface area contributed by atoms with Crippen LogP contribution in [0.15, 0.2) is 60.9 Å². The molecule has 3 N–H and O–H groups in total. The number of alkyl carbamates (subject to hydrolysis) is 1. The van der Waals surface area contributed by atoms with Gasteiger partial charge in [0.25, 0.3) is 5.91 Å². The second-order valence-corrected chi connectivity index (χ2v) is 14.8. The number of piperidine rings is 1. The molecular formula is C38H51N7O7. The Morgan fingerprint density at radius 1 is 0.962 bits per heavy atom. The van der Waals surface area contributed by atoms with E-state index in [0.717, 1.165) is 41.8 Å². The average molecular weight is 718 g/mol. The lowest BCUT2D eigenvalue weighted by molar-refractivity contribution is -0.147. The van der Waals surface area contributed by atoms with Crippen molar-refractivity contribution in [2.24, 2.45) is 5.92 Å². The molecule has 2 saturated heterocycles. The van der Waals surface area contributed by atoms with Gasteiger partial charge in [-0.2, -0.15) is 5.10 Å². The SMILES string of the molecule is CC(C)(C)OC(=O)NCCN(Cc1ccc(-c2cn[nH]c2)cc1)C(=O)C1CCCN(c2cccc(OC(C)(C)C(=O)N3CCN(C(=O)O)CC3)c2)C1. The fourth-order valence-electron chi connectivity index (χ4n) is 6.54. The number of hydrogen-bond donors (Lipinski definition) is 3. The molecule has 0 saturated carbocycles. The van der Waals surface area contributed by atoms with E-state index in [1.165, 1.54) is 4.90 Å². The monoisotopic (exact) mass is 717 g/mol. The highest BCUT2D eigenvalue weighted by Crippen LogP contribution is 2.30. The predicted octanol–water partition coefficient (Wildman–Crippen LogP) is 4.83. The van der Waals surface area contributed by atoms with Crippen molar-refractivity contribution in [3.8, 4) is 16.9 Å². The van der Waals surface area contributed by atoms with Gasteiger partial charge in [-0.25, -0.2) is 9.59 Å². The van der Waals surface area contributed by atoms with Gasteiger partial charge in [0.05, 0.1) is 12.1 Å². The number of nitrogens with one attached hydrogen (secondary N) is 2. The summed E-state index contributed by atoms with van der Waals surface area (Å²) in [5, 5.41) is 18.9. The molecule has 52 heavy (non-hydrogen) atoms. The van der Waals surface area contributed by atoms with Crippen molar-refractivity contribution in [2.45, 2.75) is 65.2 Å². The number of amides is 4. The Morgan fingerprint density at radius 2 is 1.67 bits per heavy atom. The molecule has 2 aromatic carbocycles. The minimum atomic E-state index is -1.17. The molecule has 2 fully saturated rings. The zero-order valence-electron chi connectivity index (χ0n) is 30.8. The van der Waals surface area contributed by atoms with Crippen LogP contribution in [0.5, 0.6) is 5.75 Å². The molecule has 4 amide bonds. The van der Waals surface area contributed by atoms with Crippen molar-refractivity contribution in [3.63, 3.8) is 0 Å². The van der Waals surface area contributed by atoms with Crippen LogP contribution in [-0.4, -0.2) is 118 Å². The van der Waals surface area contributed by atoms with Gasteiger partial charge in [0.1, 0.15) is 11.4 Å². The number of aromatic nitrogens is 2. The van der Waals surface area contributed by atoms with Crippen LogP contribution in [0.1, 0.15) is 53.0 Å². The summed E-state index contributed by atoms with van der Waals surface area (Å²) < 4.78 is 11.7. The van der Waals surface area contributed by atoms with Crippen molar-refractivity contribution >= 4 is 29.7 Å². The van der Waals surface area contributed by atoms with Gasteiger partial charge < -0.3 is 39.5 Å². The zero-order chi connectivity index (χ0) is 37.5. The van der Waals surface area contributed by atoms with Crippen LogP contribution in [0.2, 0.25) is 0 Å². The number of carboxylic acid groups (broad SMARTS) is 1. The van der Waals surface area contributed by atoms with Gasteiger partial charge in [-0.1, -0.05) is 30.3 Å². The third kappa shape index (κ3) is 10.2. The van der Waals surface area contributed by atoms with Gasteiger partial charge in [-0.3, -0.25) is 14.7 Å². The third-order valence-electron chi connectivity index (χ3n) is 9.20. The van der Waals surface area contributed by atoms with Crippen LogP contribution in [0.3, 0.4) is 0 Å². The maximum atomic E-state index is 14.2. The number of benzene rings is 2. The Hall–Kier alpha value is -5.27. The van der Waals surface area contributed by atoms with Gasteiger partial charge in [0.2, 0.25) is 5.91 Å². The summed E-state index contributed by atoms with van der Waals surface area (Å²) in [5.74, 6) is 0.0652. The number of aromatic amines is 1. The molecule has 14 heteroatoms. The number of nitrogens with zero attached hydrogens (tertiary/aromatic N) is 5. The smallest absolute Gasteiger partial charge is 0.407 e. The molecule has 0 spiro atoms. The van der Waals surface area contributed by atoms with E-state index in [4.69, 9.17) is 9.47 Å². The number of carbonyl (C=O) groups excluding carboxylic acids is 3. The fourth-order valence-corrected chi connectivity index (χ4v) is 6.54. The first-order chi connectivity index (χ1) is 24.7. The first kappa shape index (κ1) is 38.0. The minimum Gasteiger partial charge on any atom is -0.478 e. The molecule has 14 nitrogen and oxygen atoms in total. The van der Waals surface area contributed by atoms with Gasteiger partial charge in [-0.05, 0) is 70.7 Å². The highest BCUT2D eigenvalue weighted by atomic mass is 16.6. The summed E-state index contributed by atoms with van der Waals surface area (Å²) >= 11 is 0. The lowest BCUT2D eigenvalue weighted by Gasteiger charge is -2.38. The lowest BCUT2D eigenvalue weighted by Crippen LogP contribution is -2.56. The average Bonchev–Trinajstić information content (AvgIpc) is 3.65. The van der Waals surface area contributed by atoms with E-state index in [1.807, 2.05) is 59.6 Å². The van der Waals surface area contributed by atoms with Crippen molar-refractivity contribution in [1.82, 2.24) is 30.2 Å². The Labute approximate surface area is 305 Å². The van der Waals surface area contributed by atoms with Crippen LogP contribution in [0, 0.1) is 5.92 Å². The first-order valence-electron chi connectivity index (χ1n) is 17.8. The standard InChI is InChI=1S/C38H51N7O7/c1-37(2,3)52-35(48)39-15-17-45(25-27-11-13-28(14-12-27)30-23-40-41-24-30)33(46)29-8-7-16-44(26-29)31-9-6-10-32(22-31)51-38(4,5)34(47)42-18-20-43(21-19-42)36(49)50/h6,9-14,22-24,29H,7-8,15-21,25-26H2,1-5H3,(H,39,48)(H,40,41)(H,49,50). The van der Waals surface area contributed by atoms with Gasteiger partial charge in [0, 0.05) is 82.4 Å². The Bertz CT molecular complexity index is 1680. The Balaban J connectivity index is 1.24. The Kier molecular flexibility index (Phi) is 12.0. The van der Waals surface area contributed by atoms with Crippen LogP contribution in [0.25, 0.3) is 11.1 Å². The number of ether oxygens (including phenoxy) is 2.